The molecule has 0 aromatic heterocycles. The van der Waals surface area contributed by atoms with E-state index in [1.807, 2.05) is 24.3 Å². The maximum absolute atomic E-state index is 12.5. The van der Waals surface area contributed by atoms with Crippen molar-refractivity contribution in [1.29, 1.82) is 0 Å². The number of amides is 2. The molecule has 0 radical (unpaired) electrons. The van der Waals surface area contributed by atoms with Crippen LogP contribution in [0.2, 0.25) is 0 Å². The first-order chi connectivity index (χ1) is 9.66. The fourth-order valence-corrected chi connectivity index (χ4v) is 2.71. The third kappa shape index (κ3) is 2.29. The first-order valence-corrected chi connectivity index (χ1v) is 6.97. The van der Waals surface area contributed by atoms with Crippen molar-refractivity contribution in [2.75, 3.05) is 11.9 Å². The molecule has 5 nitrogen and oxygen atoms in total. The number of ether oxygens (including phenoxy) is 1. The van der Waals surface area contributed by atoms with Gasteiger partial charge >= 0.3 is 0 Å². The highest BCUT2D eigenvalue weighted by atomic mass is 16.5. The van der Waals surface area contributed by atoms with Crippen LogP contribution in [0, 0.1) is 0 Å². The normalized spacial score (nSPS) is 25.9. The van der Waals surface area contributed by atoms with Crippen LogP contribution < -0.4 is 5.32 Å². The average Bonchev–Trinajstić information content (AvgIpc) is 2.95. The molecule has 20 heavy (non-hydrogen) atoms. The second kappa shape index (κ2) is 5.25. The molecule has 2 aliphatic rings. The standard InChI is InChI=1S/C15H18N2O3/c1-10-14(18)16-12-6-3-2-5-11(12)9-17(10)15(19)13-7-4-8-20-13/h2-3,5-6,10,13H,4,7-9H2,1H3,(H,16,18)/t10-,13-/m1/s1. The molecule has 0 aliphatic carbocycles. The number of para-hydroxylation sites is 1. The minimum Gasteiger partial charge on any atom is -0.368 e. The second-order valence-corrected chi connectivity index (χ2v) is 5.29. The third-order valence-corrected chi connectivity index (χ3v) is 3.95. The lowest BCUT2D eigenvalue weighted by Crippen LogP contribution is -2.47. The van der Waals surface area contributed by atoms with E-state index in [-0.39, 0.29) is 11.8 Å². The number of benzene rings is 1. The van der Waals surface area contributed by atoms with Gasteiger partial charge in [0.05, 0.1) is 0 Å². The van der Waals surface area contributed by atoms with Gasteiger partial charge in [-0.3, -0.25) is 9.59 Å². The lowest BCUT2D eigenvalue weighted by atomic mass is 10.1. The monoisotopic (exact) mass is 274 g/mol. The fourth-order valence-electron chi connectivity index (χ4n) is 2.71. The van der Waals surface area contributed by atoms with Crippen LogP contribution in [0.3, 0.4) is 0 Å². The van der Waals surface area contributed by atoms with Gasteiger partial charge in [0.1, 0.15) is 12.1 Å². The number of carbonyl (C=O) groups is 2. The van der Waals surface area contributed by atoms with Crippen LogP contribution in [0.15, 0.2) is 24.3 Å². The Morgan fingerprint density at radius 2 is 2.20 bits per heavy atom. The molecular formula is C15H18N2O3. The Morgan fingerprint density at radius 3 is 2.95 bits per heavy atom. The molecular weight excluding hydrogens is 256 g/mol. The van der Waals surface area contributed by atoms with Gasteiger partial charge in [-0.1, -0.05) is 18.2 Å². The van der Waals surface area contributed by atoms with E-state index in [1.165, 1.54) is 0 Å². The lowest BCUT2D eigenvalue weighted by molar-refractivity contribution is -0.146. The molecule has 5 heteroatoms. The van der Waals surface area contributed by atoms with Crippen molar-refractivity contribution in [3.8, 4) is 0 Å². The Balaban J connectivity index is 1.89. The number of nitrogens with zero attached hydrogens (tertiary/aromatic N) is 1. The van der Waals surface area contributed by atoms with Crippen molar-refractivity contribution >= 4 is 17.5 Å². The molecule has 2 amide bonds. The Kier molecular flexibility index (Phi) is 3.44. The number of hydrogen-bond donors (Lipinski definition) is 1. The summed E-state index contributed by atoms with van der Waals surface area (Å²) in [6.45, 7) is 2.82. The maximum Gasteiger partial charge on any atom is 0.252 e. The molecule has 1 aromatic rings. The van der Waals surface area contributed by atoms with E-state index in [4.69, 9.17) is 4.74 Å². The molecule has 2 aliphatic heterocycles. The molecule has 2 heterocycles. The van der Waals surface area contributed by atoms with Crippen LogP contribution >= 0.6 is 0 Å². The fraction of sp³-hybridized carbons (Fsp3) is 0.467. The first kappa shape index (κ1) is 13.1. The highest BCUT2D eigenvalue weighted by Crippen LogP contribution is 2.25. The van der Waals surface area contributed by atoms with Crippen molar-refractivity contribution in [3.63, 3.8) is 0 Å². The number of fused-ring (bicyclic) bond motifs is 1. The third-order valence-electron chi connectivity index (χ3n) is 3.95. The molecule has 1 aromatic carbocycles. The van der Waals surface area contributed by atoms with Gasteiger partial charge in [-0.05, 0) is 31.4 Å². The van der Waals surface area contributed by atoms with Crippen molar-refractivity contribution in [3.05, 3.63) is 29.8 Å². The second-order valence-electron chi connectivity index (χ2n) is 5.29. The summed E-state index contributed by atoms with van der Waals surface area (Å²) >= 11 is 0. The Bertz CT molecular complexity index is 538. The molecule has 1 fully saturated rings. The van der Waals surface area contributed by atoms with Gasteiger partial charge in [0.25, 0.3) is 5.91 Å². The topological polar surface area (TPSA) is 58.6 Å². The Hall–Kier alpha value is -1.88. The number of anilines is 1. The lowest BCUT2D eigenvalue weighted by Gasteiger charge is -2.28. The van der Waals surface area contributed by atoms with Crippen LogP contribution in [0.1, 0.15) is 25.3 Å². The number of carbonyl (C=O) groups excluding carboxylic acids is 2. The van der Waals surface area contributed by atoms with Gasteiger partial charge in [-0.15, -0.1) is 0 Å². The van der Waals surface area contributed by atoms with Gasteiger partial charge in [0.15, 0.2) is 0 Å². The van der Waals surface area contributed by atoms with Crippen molar-refractivity contribution in [2.24, 2.45) is 0 Å². The zero-order valence-corrected chi connectivity index (χ0v) is 11.5. The zero-order valence-electron chi connectivity index (χ0n) is 11.5. The zero-order chi connectivity index (χ0) is 14.1. The quantitative estimate of drug-likeness (QED) is 0.845. The predicted molar refractivity (Wildman–Crippen MR) is 74.1 cm³/mol. The van der Waals surface area contributed by atoms with E-state index in [1.54, 1.807) is 11.8 Å². The number of nitrogens with one attached hydrogen (secondary N) is 1. The van der Waals surface area contributed by atoms with Crippen LogP contribution in [-0.4, -0.2) is 35.5 Å². The number of hydrogen-bond acceptors (Lipinski definition) is 3. The molecule has 2 atom stereocenters. The van der Waals surface area contributed by atoms with Crippen LogP contribution in [0.5, 0.6) is 0 Å². The Labute approximate surface area is 117 Å². The van der Waals surface area contributed by atoms with Crippen LogP contribution in [-0.2, 0) is 20.9 Å². The van der Waals surface area contributed by atoms with Gasteiger partial charge in [-0.25, -0.2) is 0 Å². The summed E-state index contributed by atoms with van der Waals surface area (Å²) in [5.74, 6) is -0.233. The molecule has 0 saturated carbocycles. The van der Waals surface area contributed by atoms with Crippen LogP contribution in [0.25, 0.3) is 0 Å². The van der Waals surface area contributed by atoms with E-state index in [0.717, 1.165) is 24.1 Å². The molecule has 0 unspecified atom stereocenters. The maximum atomic E-state index is 12.5. The predicted octanol–water partition coefficient (Wildman–Crippen LogP) is 1.53. The molecule has 106 valence electrons. The minimum absolute atomic E-state index is 0.0816. The number of rotatable bonds is 1. The van der Waals surface area contributed by atoms with Crippen molar-refractivity contribution in [1.82, 2.24) is 4.90 Å². The van der Waals surface area contributed by atoms with Gasteiger partial charge < -0.3 is 15.0 Å². The van der Waals surface area contributed by atoms with E-state index in [0.29, 0.717) is 13.2 Å². The Morgan fingerprint density at radius 1 is 1.40 bits per heavy atom. The van der Waals surface area contributed by atoms with E-state index in [2.05, 4.69) is 5.32 Å². The van der Waals surface area contributed by atoms with Gasteiger partial charge in [0, 0.05) is 18.8 Å². The minimum atomic E-state index is -0.487. The smallest absolute Gasteiger partial charge is 0.252 e. The summed E-state index contributed by atoms with van der Waals surface area (Å²) in [6, 6.07) is 7.10. The summed E-state index contributed by atoms with van der Waals surface area (Å²) in [5.41, 5.74) is 1.74. The highest BCUT2D eigenvalue weighted by Gasteiger charge is 2.35. The molecule has 0 bridgehead atoms. The average molecular weight is 274 g/mol. The highest BCUT2D eigenvalue weighted by molar-refractivity contribution is 5.99. The summed E-state index contributed by atoms with van der Waals surface area (Å²) < 4.78 is 5.46. The van der Waals surface area contributed by atoms with Gasteiger partial charge in [-0.2, -0.15) is 0 Å². The van der Waals surface area contributed by atoms with Crippen LogP contribution in [0.4, 0.5) is 5.69 Å². The van der Waals surface area contributed by atoms with Gasteiger partial charge in [0.2, 0.25) is 5.91 Å². The SMILES string of the molecule is C[C@@H]1C(=O)Nc2ccccc2CN1C(=O)[C@H]1CCCO1. The summed E-state index contributed by atoms with van der Waals surface area (Å²) in [5, 5.41) is 2.87. The molecule has 3 rings (SSSR count). The molecule has 1 N–H and O–H groups in total. The summed E-state index contributed by atoms with van der Waals surface area (Å²) in [7, 11) is 0. The summed E-state index contributed by atoms with van der Waals surface area (Å²) in [4.78, 5) is 26.3. The van der Waals surface area contributed by atoms with Crippen molar-refractivity contribution < 1.29 is 14.3 Å². The van der Waals surface area contributed by atoms with E-state index >= 15 is 0 Å². The molecule has 0 spiro atoms. The largest absolute Gasteiger partial charge is 0.368 e. The van der Waals surface area contributed by atoms with Crippen molar-refractivity contribution in [2.45, 2.75) is 38.5 Å². The summed E-state index contributed by atoms with van der Waals surface area (Å²) in [6.07, 6.45) is 1.25. The first-order valence-electron chi connectivity index (χ1n) is 6.97. The van der Waals surface area contributed by atoms with E-state index in [9.17, 15) is 9.59 Å². The van der Waals surface area contributed by atoms with E-state index < -0.39 is 12.1 Å². The molecule has 1 saturated heterocycles.